The molecule has 0 bridgehead atoms. The van der Waals surface area contributed by atoms with Crippen LogP contribution in [0, 0.1) is 12.3 Å². The minimum Gasteiger partial charge on any atom is -0.354 e. The molecule has 5 nitrogen and oxygen atoms in total. The van der Waals surface area contributed by atoms with Crippen LogP contribution in [0.2, 0.25) is 0 Å². The second-order valence-electron chi connectivity index (χ2n) is 6.82. The zero-order valence-corrected chi connectivity index (χ0v) is 15.2. The Labute approximate surface area is 140 Å². The smallest absolute Gasteiger partial charge is 0.225 e. The molecule has 0 saturated carbocycles. The van der Waals surface area contributed by atoms with Crippen LogP contribution >= 0.6 is 0 Å². The van der Waals surface area contributed by atoms with E-state index in [0.717, 1.165) is 12.5 Å². The van der Waals surface area contributed by atoms with E-state index in [4.69, 9.17) is 0 Å². The maximum atomic E-state index is 11.8. The van der Waals surface area contributed by atoms with E-state index in [9.17, 15) is 4.79 Å². The van der Waals surface area contributed by atoms with Crippen molar-refractivity contribution in [2.75, 3.05) is 27.2 Å². The Kier molecular flexibility index (Phi) is 7.07. The third-order valence-corrected chi connectivity index (χ3v) is 3.49. The first-order chi connectivity index (χ1) is 10.7. The Balaban J connectivity index is 2.41. The quantitative estimate of drug-likeness (QED) is 0.497. The van der Waals surface area contributed by atoms with Gasteiger partial charge in [-0.1, -0.05) is 50.6 Å². The van der Waals surface area contributed by atoms with Crippen LogP contribution in [0.1, 0.15) is 31.9 Å². The van der Waals surface area contributed by atoms with Gasteiger partial charge in [-0.3, -0.25) is 9.79 Å². The zero-order chi connectivity index (χ0) is 17.5. The van der Waals surface area contributed by atoms with Gasteiger partial charge in [-0.05, 0) is 12.5 Å². The van der Waals surface area contributed by atoms with Gasteiger partial charge in [-0.2, -0.15) is 0 Å². The van der Waals surface area contributed by atoms with Crippen molar-refractivity contribution in [1.29, 1.82) is 0 Å². The van der Waals surface area contributed by atoms with Crippen LogP contribution < -0.4 is 10.6 Å². The van der Waals surface area contributed by atoms with Gasteiger partial charge in [0.2, 0.25) is 5.91 Å². The summed E-state index contributed by atoms with van der Waals surface area (Å²) in [7, 11) is 3.77. The summed E-state index contributed by atoms with van der Waals surface area (Å²) in [6, 6.07) is 8.48. The van der Waals surface area contributed by atoms with E-state index < -0.39 is 0 Å². The number of hydrogen-bond acceptors (Lipinski definition) is 2. The molecule has 0 fully saturated rings. The van der Waals surface area contributed by atoms with Crippen molar-refractivity contribution in [2.45, 2.75) is 34.2 Å². The Morgan fingerprint density at radius 3 is 2.22 bits per heavy atom. The fourth-order valence-electron chi connectivity index (χ4n) is 2.04. The highest BCUT2D eigenvalue weighted by Crippen LogP contribution is 2.11. The van der Waals surface area contributed by atoms with Crippen LogP contribution in [0.4, 0.5) is 0 Å². The minimum atomic E-state index is -0.357. The molecule has 128 valence electrons. The summed E-state index contributed by atoms with van der Waals surface area (Å²) in [6.07, 6.45) is 0. The summed E-state index contributed by atoms with van der Waals surface area (Å²) in [4.78, 5) is 18.2. The van der Waals surface area contributed by atoms with Gasteiger partial charge in [-0.25, -0.2) is 0 Å². The second kappa shape index (κ2) is 8.56. The van der Waals surface area contributed by atoms with Crippen molar-refractivity contribution in [2.24, 2.45) is 10.4 Å². The molecule has 0 saturated heterocycles. The number of carbonyl (C=O) groups excluding carboxylic acids is 1. The van der Waals surface area contributed by atoms with Gasteiger partial charge >= 0.3 is 0 Å². The molecule has 1 aromatic rings. The largest absolute Gasteiger partial charge is 0.354 e. The molecule has 0 aliphatic rings. The highest BCUT2D eigenvalue weighted by atomic mass is 16.2. The predicted octanol–water partition coefficient (Wildman–Crippen LogP) is 2.16. The topological polar surface area (TPSA) is 56.7 Å². The van der Waals surface area contributed by atoms with Gasteiger partial charge in [0.15, 0.2) is 5.96 Å². The number of benzene rings is 1. The molecule has 1 rings (SSSR count). The average Bonchev–Trinajstić information content (AvgIpc) is 2.48. The van der Waals surface area contributed by atoms with Gasteiger partial charge in [0.25, 0.3) is 0 Å². The number of nitrogens with zero attached hydrogens (tertiary/aromatic N) is 2. The molecule has 0 atom stereocenters. The summed E-state index contributed by atoms with van der Waals surface area (Å²) in [6.45, 7) is 9.81. The van der Waals surface area contributed by atoms with Crippen molar-refractivity contribution in [3.63, 3.8) is 0 Å². The lowest BCUT2D eigenvalue weighted by atomic mass is 9.96. The molecule has 1 aromatic carbocycles. The first-order valence-electron chi connectivity index (χ1n) is 7.99. The molecule has 0 radical (unpaired) electrons. The van der Waals surface area contributed by atoms with E-state index >= 15 is 0 Å². The van der Waals surface area contributed by atoms with Gasteiger partial charge < -0.3 is 15.5 Å². The monoisotopic (exact) mass is 318 g/mol. The molecule has 1 amide bonds. The fourth-order valence-corrected chi connectivity index (χ4v) is 2.04. The average molecular weight is 318 g/mol. The lowest BCUT2D eigenvalue weighted by Crippen LogP contribution is -2.43. The fraction of sp³-hybridized carbons (Fsp3) is 0.556. The number of aryl methyl sites for hydroxylation is 1. The van der Waals surface area contributed by atoms with E-state index in [2.05, 4.69) is 51.7 Å². The summed E-state index contributed by atoms with van der Waals surface area (Å²) in [5, 5.41) is 6.19. The summed E-state index contributed by atoms with van der Waals surface area (Å²) < 4.78 is 0. The van der Waals surface area contributed by atoms with Crippen molar-refractivity contribution >= 4 is 11.9 Å². The predicted molar refractivity (Wildman–Crippen MR) is 96.5 cm³/mol. The van der Waals surface area contributed by atoms with Gasteiger partial charge in [0.05, 0.1) is 0 Å². The highest BCUT2D eigenvalue weighted by Gasteiger charge is 2.20. The SMILES string of the molecule is CN=C(NCCNC(=O)C(C)(C)C)N(C)Cc1ccc(C)cc1. The number of aliphatic imine (C=N–C) groups is 1. The first-order valence-corrected chi connectivity index (χ1v) is 7.99. The highest BCUT2D eigenvalue weighted by molar-refractivity contribution is 5.81. The van der Waals surface area contributed by atoms with Gasteiger partial charge in [0, 0.05) is 39.1 Å². The number of carbonyl (C=O) groups is 1. The molecule has 0 spiro atoms. The van der Waals surface area contributed by atoms with E-state index in [1.807, 2.05) is 27.8 Å². The summed E-state index contributed by atoms with van der Waals surface area (Å²) in [5.74, 6) is 0.873. The summed E-state index contributed by atoms with van der Waals surface area (Å²) in [5.41, 5.74) is 2.14. The van der Waals surface area contributed by atoms with Crippen LogP contribution in [0.3, 0.4) is 0 Å². The molecule has 2 N–H and O–H groups in total. The number of rotatable bonds is 5. The molecule has 0 heterocycles. The van der Waals surface area contributed by atoms with Crippen molar-refractivity contribution < 1.29 is 4.79 Å². The van der Waals surface area contributed by atoms with E-state index in [1.54, 1.807) is 7.05 Å². The maximum absolute atomic E-state index is 11.8. The van der Waals surface area contributed by atoms with Crippen LogP contribution in [0.5, 0.6) is 0 Å². The Bertz CT molecular complexity index is 529. The van der Waals surface area contributed by atoms with Crippen molar-refractivity contribution in [1.82, 2.24) is 15.5 Å². The standard InChI is InChI=1S/C18H30N4O/c1-14-7-9-15(10-8-14)13-22(6)17(19-5)21-12-11-20-16(23)18(2,3)4/h7-10H,11-13H2,1-6H3,(H,19,21)(H,20,23). The van der Waals surface area contributed by atoms with E-state index in [-0.39, 0.29) is 11.3 Å². The molecule has 0 aromatic heterocycles. The Morgan fingerprint density at radius 2 is 1.70 bits per heavy atom. The molecular formula is C18H30N4O. The van der Waals surface area contributed by atoms with Crippen LogP contribution in [0.15, 0.2) is 29.3 Å². The van der Waals surface area contributed by atoms with Gasteiger partial charge in [-0.15, -0.1) is 0 Å². The van der Waals surface area contributed by atoms with Crippen LogP contribution in [0.25, 0.3) is 0 Å². The molecule has 0 unspecified atom stereocenters. The van der Waals surface area contributed by atoms with Crippen LogP contribution in [-0.2, 0) is 11.3 Å². The van der Waals surface area contributed by atoms with Crippen molar-refractivity contribution in [3.8, 4) is 0 Å². The molecular weight excluding hydrogens is 288 g/mol. The van der Waals surface area contributed by atoms with E-state index in [0.29, 0.717) is 13.1 Å². The maximum Gasteiger partial charge on any atom is 0.225 e. The zero-order valence-electron chi connectivity index (χ0n) is 15.2. The molecule has 0 aliphatic carbocycles. The molecule has 5 heteroatoms. The third-order valence-electron chi connectivity index (χ3n) is 3.49. The third kappa shape index (κ3) is 6.72. The summed E-state index contributed by atoms with van der Waals surface area (Å²) >= 11 is 0. The Hall–Kier alpha value is -2.04. The first kappa shape index (κ1) is 19.0. The van der Waals surface area contributed by atoms with Gasteiger partial charge in [0.1, 0.15) is 0 Å². The lowest BCUT2D eigenvalue weighted by molar-refractivity contribution is -0.128. The number of hydrogen-bond donors (Lipinski definition) is 2. The number of nitrogens with one attached hydrogen (secondary N) is 2. The molecule has 23 heavy (non-hydrogen) atoms. The van der Waals surface area contributed by atoms with Crippen molar-refractivity contribution in [3.05, 3.63) is 35.4 Å². The number of guanidine groups is 1. The number of amides is 1. The normalized spacial score (nSPS) is 12.0. The molecule has 0 aliphatic heterocycles. The lowest BCUT2D eigenvalue weighted by Gasteiger charge is -2.23. The van der Waals surface area contributed by atoms with E-state index in [1.165, 1.54) is 11.1 Å². The second-order valence-corrected chi connectivity index (χ2v) is 6.82. The Morgan fingerprint density at radius 1 is 1.13 bits per heavy atom. The van der Waals surface area contributed by atoms with Crippen LogP contribution in [-0.4, -0.2) is 44.0 Å². The minimum absolute atomic E-state index is 0.0577.